The molecule has 1 aromatic heterocycles. The standard InChI is InChI=1S/C21H23N5O2.H2/c1-13(2)18-11-28-21(27)26(18)20-23-12-22-19(25-20)24-14(3)16-9-8-15-6-4-5-7-17(15)10-16;/h4-10,12-14,18H,11H2,1-3H3,(H,22,23,24,25);1H/t14-,18-;/m1./s1. The topological polar surface area (TPSA) is 80.2 Å². The lowest BCUT2D eigenvalue weighted by Crippen LogP contribution is -2.38. The van der Waals surface area contributed by atoms with Crippen LogP contribution in [0.15, 0.2) is 48.8 Å². The molecule has 1 N–H and O–H groups in total. The van der Waals surface area contributed by atoms with E-state index in [1.54, 1.807) is 0 Å². The third kappa shape index (κ3) is 3.47. The second-order valence-corrected chi connectivity index (χ2v) is 7.34. The van der Waals surface area contributed by atoms with E-state index in [0.717, 1.165) is 5.56 Å². The minimum Gasteiger partial charge on any atom is -0.447 e. The lowest BCUT2D eigenvalue weighted by atomic mass is 10.0. The van der Waals surface area contributed by atoms with Gasteiger partial charge in [0.2, 0.25) is 11.9 Å². The molecular formula is C21H25N5O2. The van der Waals surface area contributed by atoms with Crippen LogP contribution in [0.1, 0.15) is 33.8 Å². The van der Waals surface area contributed by atoms with Crippen molar-refractivity contribution in [3.05, 3.63) is 54.4 Å². The van der Waals surface area contributed by atoms with Crippen LogP contribution in [0.3, 0.4) is 0 Å². The first-order chi connectivity index (χ1) is 13.5. The Balaban J connectivity index is 0.00000240. The summed E-state index contributed by atoms with van der Waals surface area (Å²) in [4.78, 5) is 26.5. The number of fused-ring (bicyclic) bond motifs is 1. The molecule has 7 nitrogen and oxygen atoms in total. The highest BCUT2D eigenvalue weighted by atomic mass is 16.6. The van der Waals surface area contributed by atoms with Gasteiger partial charge >= 0.3 is 6.09 Å². The van der Waals surface area contributed by atoms with Gasteiger partial charge in [-0.25, -0.2) is 19.7 Å². The van der Waals surface area contributed by atoms with Crippen molar-refractivity contribution in [2.75, 3.05) is 16.8 Å². The molecule has 146 valence electrons. The van der Waals surface area contributed by atoms with Crippen molar-refractivity contribution in [2.24, 2.45) is 5.92 Å². The number of nitrogens with zero attached hydrogens (tertiary/aromatic N) is 4. The first-order valence-corrected chi connectivity index (χ1v) is 9.43. The monoisotopic (exact) mass is 379 g/mol. The van der Waals surface area contributed by atoms with Crippen LogP contribution in [0.5, 0.6) is 0 Å². The lowest BCUT2D eigenvalue weighted by molar-refractivity contribution is 0.177. The SMILES string of the molecule is CC(C)[C@H]1COC(=O)N1c1ncnc(N[C@H](C)c2ccc3ccccc3c2)n1.[HH]. The summed E-state index contributed by atoms with van der Waals surface area (Å²) in [6.45, 7) is 6.48. The Morgan fingerprint density at radius 2 is 1.93 bits per heavy atom. The molecule has 1 aliphatic heterocycles. The van der Waals surface area contributed by atoms with Gasteiger partial charge in [-0.1, -0.05) is 50.2 Å². The van der Waals surface area contributed by atoms with Crippen molar-refractivity contribution in [3.8, 4) is 0 Å². The maximum atomic E-state index is 12.2. The van der Waals surface area contributed by atoms with Crippen LogP contribution in [-0.2, 0) is 4.74 Å². The number of carbonyl (C=O) groups excluding carboxylic acids is 1. The summed E-state index contributed by atoms with van der Waals surface area (Å²) in [7, 11) is 0. The highest BCUT2D eigenvalue weighted by Crippen LogP contribution is 2.26. The maximum absolute atomic E-state index is 12.2. The van der Waals surface area contributed by atoms with E-state index in [1.807, 2.05) is 26.0 Å². The lowest BCUT2D eigenvalue weighted by Gasteiger charge is -2.22. The minimum atomic E-state index is -0.418. The van der Waals surface area contributed by atoms with Crippen molar-refractivity contribution in [2.45, 2.75) is 32.9 Å². The molecule has 2 atom stereocenters. The van der Waals surface area contributed by atoms with Crippen molar-refractivity contribution in [1.29, 1.82) is 0 Å². The van der Waals surface area contributed by atoms with Crippen LogP contribution in [0.4, 0.5) is 16.7 Å². The zero-order valence-corrected chi connectivity index (χ0v) is 16.2. The predicted molar refractivity (Wildman–Crippen MR) is 110 cm³/mol. The predicted octanol–water partition coefficient (Wildman–Crippen LogP) is 4.43. The van der Waals surface area contributed by atoms with Gasteiger partial charge in [0.15, 0.2) is 0 Å². The Labute approximate surface area is 165 Å². The first-order valence-electron chi connectivity index (χ1n) is 9.43. The molecular weight excluding hydrogens is 354 g/mol. The largest absolute Gasteiger partial charge is 0.447 e. The minimum absolute atomic E-state index is 0. The third-order valence-electron chi connectivity index (χ3n) is 5.07. The summed E-state index contributed by atoms with van der Waals surface area (Å²) >= 11 is 0. The Kier molecular flexibility index (Phi) is 4.81. The zero-order valence-electron chi connectivity index (χ0n) is 16.2. The van der Waals surface area contributed by atoms with E-state index in [1.165, 1.54) is 22.0 Å². The number of amides is 1. The number of aromatic nitrogens is 3. The molecule has 2 heterocycles. The maximum Gasteiger partial charge on any atom is 0.417 e. The number of benzene rings is 2. The van der Waals surface area contributed by atoms with Gasteiger partial charge in [0.25, 0.3) is 0 Å². The molecule has 4 rings (SSSR count). The van der Waals surface area contributed by atoms with Gasteiger partial charge in [0.1, 0.15) is 12.9 Å². The second kappa shape index (κ2) is 7.42. The van der Waals surface area contributed by atoms with Crippen LogP contribution < -0.4 is 10.2 Å². The van der Waals surface area contributed by atoms with Gasteiger partial charge in [-0.05, 0) is 35.2 Å². The van der Waals surface area contributed by atoms with Crippen molar-refractivity contribution >= 4 is 28.8 Å². The summed E-state index contributed by atoms with van der Waals surface area (Å²) in [5, 5.41) is 5.69. The molecule has 1 fully saturated rings. The fourth-order valence-corrected chi connectivity index (χ4v) is 3.38. The van der Waals surface area contributed by atoms with Gasteiger partial charge in [-0.15, -0.1) is 0 Å². The highest BCUT2D eigenvalue weighted by Gasteiger charge is 2.38. The van der Waals surface area contributed by atoms with E-state index in [9.17, 15) is 4.79 Å². The molecule has 1 saturated heterocycles. The van der Waals surface area contributed by atoms with E-state index >= 15 is 0 Å². The molecule has 0 radical (unpaired) electrons. The van der Waals surface area contributed by atoms with E-state index in [0.29, 0.717) is 18.5 Å². The Morgan fingerprint density at radius 3 is 2.71 bits per heavy atom. The van der Waals surface area contributed by atoms with Crippen LogP contribution >= 0.6 is 0 Å². The van der Waals surface area contributed by atoms with Gasteiger partial charge in [0, 0.05) is 1.43 Å². The molecule has 0 spiro atoms. The van der Waals surface area contributed by atoms with Crippen LogP contribution in [0.2, 0.25) is 0 Å². The zero-order chi connectivity index (χ0) is 19.7. The summed E-state index contributed by atoms with van der Waals surface area (Å²) in [5.74, 6) is 0.966. The number of nitrogens with one attached hydrogen (secondary N) is 1. The van der Waals surface area contributed by atoms with Crippen LogP contribution in [0.25, 0.3) is 10.8 Å². The number of hydrogen-bond acceptors (Lipinski definition) is 6. The fourth-order valence-electron chi connectivity index (χ4n) is 3.38. The second-order valence-electron chi connectivity index (χ2n) is 7.34. The number of rotatable bonds is 5. The van der Waals surface area contributed by atoms with Crippen molar-refractivity contribution in [3.63, 3.8) is 0 Å². The Bertz CT molecular complexity index is 1010. The van der Waals surface area contributed by atoms with Gasteiger partial charge in [0.05, 0.1) is 12.1 Å². The van der Waals surface area contributed by atoms with Gasteiger partial charge < -0.3 is 10.1 Å². The average molecular weight is 379 g/mol. The molecule has 1 aliphatic rings. The number of hydrogen-bond donors (Lipinski definition) is 1. The normalized spacial score (nSPS) is 17.8. The highest BCUT2D eigenvalue weighted by molar-refractivity contribution is 5.88. The molecule has 0 unspecified atom stereocenters. The molecule has 0 bridgehead atoms. The summed E-state index contributed by atoms with van der Waals surface area (Å²) in [6.07, 6.45) is 0.999. The van der Waals surface area contributed by atoms with E-state index in [-0.39, 0.29) is 19.4 Å². The Morgan fingerprint density at radius 1 is 1.14 bits per heavy atom. The number of carbonyl (C=O) groups is 1. The van der Waals surface area contributed by atoms with E-state index < -0.39 is 6.09 Å². The smallest absolute Gasteiger partial charge is 0.417 e. The fraction of sp³-hybridized carbons (Fsp3) is 0.333. The van der Waals surface area contributed by atoms with Crippen LogP contribution in [-0.4, -0.2) is 33.7 Å². The summed E-state index contributed by atoms with van der Waals surface area (Å²) in [6, 6.07) is 14.5. The first kappa shape index (κ1) is 18.2. The van der Waals surface area contributed by atoms with Crippen LogP contribution in [0, 0.1) is 5.92 Å². The summed E-state index contributed by atoms with van der Waals surface area (Å²) < 4.78 is 5.19. The molecule has 1 amide bonds. The number of cyclic esters (lactones) is 1. The number of ether oxygens (including phenoxy) is 1. The molecule has 3 aromatic rings. The molecule has 2 aromatic carbocycles. The molecule has 7 heteroatoms. The van der Waals surface area contributed by atoms with E-state index in [2.05, 4.69) is 57.5 Å². The molecule has 0 saturated carbocycles. The van der Waals surface area contributed by atoms with Crippen molar-refractivity contribution in [1.82, 2.24) is 15.0 Å². The van der Waals surface area contributed by atoms with E-state index in [4.69, 9.17) is 4.74 Å². The summed E-state index contributed by atoms with van der Waals surface area (Å²) in [5.41, 5.74) is 1.13. The van der Waals surface area contributed by atoms with Gasteiger partial charge in [-0.3, -0.25) is 0 Å². The average Bonchev–Trinajstić information content (AvgIpc) is 3.09. The third-order valence-corrected chi connectivity index (χ3v) is 5.07. The number of anilines is 2. The van der Waals surface area contributed by atoms with Gasteiger partial charge in [-0.2, -0.15) is 4.98 Å². The molecule has 0 aliphatic carbocycles. The van der Waals surface area contributed by atoms with Crippen molar-refractivity contribution < 1.29 is 11.0 Å². The quantitative estimate of drug-likeness (QED) is 0.707. The molecule has 28 heavy (non-hydrogen) atoms. The Hall–Kier alpha value is -3.22.